The molecule has 0 aromatic heterocycles. The van der Waals surface area contributed by atoms with E-state index >= 15 is 0 Å². The van der Waals surface area contributed by atoms with E-state index in [1.807, 2.05) is 0 Å². The molecule has 0 saturated heterocycles. The molecule has 10 heteroatoms. The summed E-state index contributed by atoms with van der Waals surface area (Å²) in [6.07, 6.45) is 0. The van der Waals surface area contributed by atoms with Crippen molar-refractivity contribution in [2.24, 2.45) is 0 Å². The summed E-state index contributed by atoms with van der Waals surface area (Å²) in [7, 11) is -2.78. The highest BCUT2D eigenvalue weighted by molar-refractivity contribution is 7.89. The van der Waals surface area contributed by atoms with Gasteiger partial charge in [0.2, 0.25) is 10.0 Å². The maximum atomic E-state index is 12.8. The summed E-state index contributed by atoms with van der Waals surface area (Å²) >= 11 is 0. The van der Waals surface area contributed by atoms with Crippen LogP contribution < -0.4 is 18.9 Å². The molecule has 1 aliphatic heterocycles. The number of nitrogens with zero attached hydrogens (tertiary/aromatic N) is 1. The van der Waals surface area contributed by atoms with Crippen molar-refractivity contribution in [1.82, 2.24) is 4.72 Å². The molecule has 0 saturated carbocycles. The first-order chi connectivity index (χ1) is 12.8. The van der Waals surface area contributed by atoms with E-state index in [0.29, 0.717) is 30.3 Å². The molecule has 9 nitrogen and oxygen atoms in total. The second kappa shape index (κ2) is 7.41. The first kappa shape index (κ1) is 18.9. The first-order valence-corrected chi connectivity index (χ1v) is 9.54. The average Bonchev–Trinajstić information content (AvgIpc) is 2.66. The predicted octanol–water partition coefficient (Wildman–Crippen LogP) is 2.41. The fourth-order valence-electron chi connectivity index (χ4n) is 2.68. The zero-order valence-corrected chi connectivity index (χ0v) is 15.5. The molecular formula is C17H18N2O7S. The van der Waals surface area contributed by atoms with E-state index in [1.165, 1.54) is 19.2 Å². The number of nitro groups is 1. The van der Waals surface area contributed by atoms with Crippen LogP contribution in [0.15, 0.2) is 41.3 Å². The Morgan fingerprint density at radius 2 is 1.85 bits per heavy atom. The number of non-ortho nitro benzene ring substituents is 1. The molecule has 1 atom stereocenters. The van der Waals surface area contributed by atoms with Crippen LogP contribution in [0.5, 0.6) is 17.2 Å². The third-order valence-electron chi connectivity index (χ3n) is 4.05. The minimum absolute atomic E-state index is 0.0162. The lowest BCUT2D eigenvalue weighted by atomic mass is 10.1. The Bertz CT molecular complexity index is 975. The molecule has 0 radical (unpaired) electrons. The number of methoxy groups -OCH3 is 1. The molecule has 0 spiro atoms. The van der Waals surface area contributed by atoms with E-state index in [4.69, 9.17) is 14.2 Å². The lowest BCUT2D eigenvalue weighted by Gasteiger charge is -2.21. The molecule has 2 aromatic carbocycles. The number of ether oxygens (including phenoxy) is 3. The molecule has 0 amide bonds. The Morgan fingerprint density at radius 3 is 2.52 bits per heavy atom. The summed E-state index contributed by atoms with van der Waals surface area (Å²) in [4.78, 5) is 10.0. The van der Waals surface area contributed by atoms with Gasteiger partial charge in [-0.2, -0.15) is 0 Å². The van der Waals surface area contributed by atoms with Gasteiger partial charge >= 0.3 is 0 Å². The van der Waals surface area contributed by atoms with Crippen molar-refractivity contribution in [3.63, 3.8) is 0 Å². The zero-order valence-electron chi connectivity index (χ0n) is 14.7. The van der Waals surface area contributed by atoms with Crippen LogP contribution in [0.25, 0.3) is 0 Å². The number of fused-ring (bicyclic) bond motifs is 1. The number of sulfonamides is 1. The number of hydrogen-bond acceptors (Lipinski definition) is 7. The van der Waals surface area contributed by atoms with E-state index in [2.05, 4.69) is 4.72 Å². The minimum Gasteiger partial charge on any atom is -0.495 e. The Kier molecular flexibility index (Phi) is 5.19. The monoisotopic (exact) mass is 394 g/mol. The number of hydrogen-bond donors (Lipinski definition) is 1. The number of benzene rings is 2. The van der Waals surface area contributed by atoms with E-state index in [1.54, 1.807) is 25.1 Å². The van der Waals surface area contributed by atoms with Gasteiger partial charge in [0.15, 0.2) is 11.5 Å². The quantitative estimate of drug-likeness (QED) is 0.590. The fourth-order valence-corrected chi connectivity index (χ4v) is 4.10. The van der Waals surface area contributed by atoms with Gasteiger partial charge in [-0.3, -0.25) is 10.1 Å². The third-order valence-corrected chi connectivity index (χ3v) is 5.61. The molecule has 27 heavy (non-hydrogen) atoms. The van der Waals surface area contributed by atoms with Crippen LogP contribution >= 0.6 is 0 Å². The molecule has 1 N–H and O–H groups in total. The summed E-state index contributed by atoms with van der Waals surface area (Å²) in [5.41, 5.74) is 0.315. The topological polar surface area (TPSA) is 117 Å². The standard InChI is InChI=1S/C17H18N2O7S/c1-11(12-3-5-14-16(9-12)26-8-7-25-14)18-27(22,23)17-10-13(19(20)21)4-6-15(17)24-2/h3-6,9-11,18H,7-8H2,1-2H3/t11-/m0/s1. The Labute approximate surface area is 156 Å². The van der Waals surface area contributed by atoms with Gasteiger partial charge in [-0.05, 0) is 30.7 Å². The van der Waals surface area contributed by atoms with Gasteiger partial charge < -0.3 is 14.2 Å². The van der Waals surface area contributed by atoms with Gasteiger partial charge in [0, 0.05) is 18.2 Å². The van der Waals surface area contributed by atoms with Crippen LogP contribution in [0.3, 0.4) is 0 Å². The smallest absolute Gasteiger partial charge is 0.271 e. The van der Waals surface area contributed by atoms with Gasteiger partial charge in [0.25, 0.3) is 5.69 Å². The van der Waals surface area contributed by atoms with Crippen LogP contribution in [-0.2, 0) is 10.0 Å². The summed E-state index contributed by atoms with van der Waals surface area (Å²) in [6, 6.07) is 7.93. The molecule has 0 aliphatic carbocycles. The summed E-state index contributed by atoms with van der Waals surface area (Å²) < 4.78 is 44.1. The van der Waals surface area contributed by atoms with Gasteiger partial charge in [0.05, 0.1) is 12.0 Å². The molecule has 3 rings (SSSR count). The highest BCUT2D eigenvalue weighted by atomic mass is 32.2. The van der Waals surface area contributed by atoms with Crippen molar-refractivity contribution >= 4 is 15.7 Å². The summed E-state index contributed by atoms with van der Waals surface area (Å²) in [6.45, 7) is 2.54. The Balaban J connectivity index is 1.90. The second-order valence-corrected chi connectivity index (χ2v) is 7.52. The van der Waals surface area contributed by atoms with Crippen molar-refractivity contribution in [3.8, 4) is 17.2 Å². The Hall–Kier alpha value is -2.85. The first-order valence-electron chi connectivity index (χ1n) is 8.06. The zero-order chi connectivity index (χ0) is 19.6. The van der Waals surface area contributed by atoms with Crippen molar-refractivity contribution in [1.29, 1.82) is 0 Å². The molecule has 0 bridgehead atoms. The number of rotatable bonds is 6. The maximum Gasteiger partial charge on any atom is 0.271 e. The maximum absolute atomic E-state index is 12.8. The van der Waals surface area contributed by atoms with Gasteiger partial charge in [0.1, 0.15) is 23.9 Å². The van der Waals surface area contributed by atoms with Crippen LogP contribution in [0.1, 0.15) is 18.5 Å². The molecule has 1 heterocycles. The summed E-state index contributed by atoms with van der Waals surface area (Å²) in [5, 5.41) is 11.0. The third kappa shape index (κ3) is 3.96. The SMILES string of the molecule is COc1ccc([N+](=O)[O-])cc1S(=O)(=O)N[C@@H](C)c1ccc2c(c1)OCCO2. The highest BCUT2D eigenvalue weighted by Crippen LogP contribution is 2.34. The predicted molar refractivity (Wildman–Crippen MR) is 95.8 cm³/mol. The van der Waals surface area contributed by atoms with Crippen molar-refractivity contribution in [3.05, 3.63) is 52.1 Å². The number of nitro benzene ring substituents is 1. The van der Waals surface area contributed by atoms with Crippen LogP contribution in [0, 0.1) is 10.1 Å². The van der Waals surface area contributed by atoms with Gasteiger partial charge in [-0.1, -0.05) is 6.07 Å². The molecule has 0 fully saturated rings. The van der Waals surface area contributed by atoms with Crippen molar-refractivity contribution < 1.29 is 27.6 Å². The molecular weight excluding hydrogens is 376 g/mol. The average molecular weight is 394 g/mol. The normalized spacial score (nSPS) is 14.4. The van der Waals surface area contributed by atoms with E-state index in [-0.39, 0.29) is 16.3 Å². The van der Waals surface area contributed by atoms with Crippen molar-refractivity contribution in [2.45, 2.75) is 17.9 Å². The minimum atomic E-state index is -4.08. The fraction of sp³-hybridized carbons (Fsp3) is 0.294. The van der Waals surface area contributed by atoms with E-state index in [0.717, 1.165) is 6.07 Å². The van der Waals surface area contributed by atoms with Gasteiger partial charge in [-0.15, -0.1) is 0 Å². The van der Waals surface area contributed by atoms with Crippen molar-refractivity contribution in [2.75, 3.05) is 20.3 Å². The van der Waals surface area contributed by atoms with Crippen LogP contribution in [0.4, 0.5) is 5.69 Å². The van der Waals surface area contributed by atoms with Crippen LogP contribution in [-0.4, -0.2) is 33.7 Å². The highest BCUT2D eigenvalue weighted by Gasteiger charge is 2.26. The largest absolute Gasteiger partial charge is 0.495 e. The second-order valence-electron chi connectivity index (χ2n) is 5.84. The summed E-state index contributed by atoms with van der Waals surface area (Å²) in [5.74, 6) is 1.15. The van der Waals surface area contributed by atoms with Crippen LogP contribution in [0.2, 0.25) is 0 Å². The lowest BCUT2D eigenvalue weighted by Crippen LogP contribution is -2.27. The van der Waals surface area contributed by atoms with E-state index < -0.39 is 21.0 Å². The molecule has 0 unspecified atom stereocenters. The lowest BCUT2D eigenvalue weighted by molar-refractivity contribution is -0.385. The number of nitrogens with one attached hydrogen (secondary N) is 1. The molecule has 2 aromatic rings. The van der Waals surface area contributed by atoms with E-state index in [9.17, 15) is 18.5 Å². The van der Waals surface area contributed by atoms with Gasteiger partial charge in [-0.25, -0.2) is 13.1 Å². The molecule has 144 valence electrons. The Morgan fingerprint density at radius 1 is 1.15 bits per heavy atom. The molecule has 1 aliphatic rings.